The van der Waals surface area contributed by atoms with Gasteiger partial charge in [0.05, 0.1) is 18.7 Å². The van der Waals surface area contributed by atoms with Gasteiger partial charge in [-0.05, 0) is 19.8 Å². The second-order valence-electron chi connectivity index (χ2n) is 4.41. The van der Waals surface area contributed by atoms with Crippen LogP contribution in [0.2, 0.25) is 0 Å². The zero-order valence-electron chi connectivity index (χ0n) is 9.73. The smallest absolute Gasteiger partial charge is 0.334 e. The van der Waals surface area contributed by atoms with Gasteiger partial charge in [0.2, 0.25) is 0 Å². The van der Waals surface area contributed by atoms with Gasteiger partial charge < -0.3 is 25.6 Å². The molecule has 1 fully saturated rings. The minimum Gasteiger partial charge on any atom is -0.479 e. The third-order valence-corrected chi connectivity index (χ3v) is 2.59. The van der Waals surface area contributed by atoms with Crippen LogP contribution >= 0.6 is 0 Å². The number of carbonyl (C=O) groups excluding carboxylic acids is 1. The molecule has 1 heterocycles. The van der Waals surface area contributed by atoms with Gasteiger partial charge in [-0.1, -0.05) is 0 Å². The molecule has 7 nitrogen and oxygen atoms in total. The van der Waals surface area contributed by atoms with Gasteiger partial charge in [-0.25, -0.2) is 9.59 Å². The van der Waals surface area contributed by atoms with Crippen LogP contribution < -0.4 is 10.6 Å². The Bertz CT molecular complexity index is 288. The van der Waals surface area contributed by atoms with Crippen molar-refractivity contribution in [2.45, 2.75) is 31.4 Å². The van der Waals surface area contributed by atoms with Gasteiger partial charge in [0.15, 0.2) is 6.10 Å². The van der Waals surface area contributed by atoms with Crippen molar-refractivity contribution in [3.05, 3.63) is 0 Å². The number of hydrogen-bond donors (Lipinski definition) is 4. The first-order valence-corrected chi connectivity index (χ1v) is 5.47. The Balaban J connectivity index is 2.31. The average molecular weight is 246 g/mol. The van der Waals surface area contributed by atoms with Crippen LogP contribution in [0, 0.1) is 0 Å². The van der Waals surface area contributed by atoms with Crippen molar-refractivity contribution in [2.75, 3.05) is 19.8 Å². The number of nitrogens with one attached hydrogen (secondary N) is 2. The zero-order valence-corrected chi connectivity index (χ0v) is 9.73. The molecule has 0 saturated carbocycles. The maximum atomic E-state index is 11.5. The molecule has 1 aliphatic rings. The summed E-state index contributed by atoms with van der Waals surface area (Å²) in [4.78, 5) is 21.8. The summed E-state index contributed by atoms with van der Waals surface area (Å²) in [5.41, 5.74) is -0.434. The van der Waals surface area contributed by atoms with Crippen molar-refractivity contribution in [1.82, 2.24) is 10.6 Å². The van der Waals surface area contributed by atoms with Crippen molar-refractivity contribution in [3.63, 3.8) is 0 Å². The fraction of sp³-hybridized carbons (Fsp3) is 0.800. The summed E-state index contributed by atoms with van der Waals surface area (Å²) >= 11 is 0. The van der Waals surface area contributed by atoms with Crippen LogP contribution in [-0.2, 0) is 9.53 Å². The average Bonchev–Trinajstić information content (AvgIpc) is 2.26. The molecule has 7 heteroatoms. The fourth-order valence-corrected chi connectivity index (χ4v) is 1.63. The largest absolute Gasteiger partial charge is 0.479 e. The second-order valence-corrected chi connectivity index (χ2v) is 4.41. The van der Waals surface area contributed by atoms with E-state index in [2.05, 4.69) is 10.6 Å². The molecule has 0 spiro atoms. The number of aliphatic carboxylic acids is 1. The highest BCUT2D eigenvalue weighted by molar-refractivity contribution is 5.77. The third-order valence-electron chi connectivity index (χ3n) is 2.59. The van der Waals surface area contributed by atoms with E-state index in [1.54, 1.807) is 0 Å². The number of ether oxygens (including phenoxy) is 1. The summed E-state index contributed by atoms with van der Waals surface area (Å²) in [7, 11) is 0. The molecule has 0 aromatic carbocycles. The lowest BCUT2D eigenvalue weighted by Gasteiger charge is -2.34. The number of aliphatic hydroxyl groups excluding tert-OH is 1. The first kappa shape index (κ1) is 13.7. The minimum absolute atomic E-state index is 0.321. The van der Waals surface area contributed by atoms with E-state index < -0.39 is 23.6 Å². The highest BCUT2D eigenvalue weighted by Gasteiger charge is 2.29. The van der Waals surface area contributed by atoms with E-state index in [-0.39, 0.29) is 6.54 Å². The van der Waals surface area contributed by atoms with E-state index in [1.165, 1.54) is 0 Å². The molecule has 0 bridgehead atoms. The molecule has 1 saturated heterocycles. The van der Waals surface area contributed by atoms with Crippen molar-refractivity contribution < 1.29 is 24.5 Å². The second kappa shape index (κ2) is 5.83. The molecule has 2 amide bonds. The normalized spacial score (nSPS) is 26.0. The van der Waals surface area contributed by atoms with Crippen molar-refractivity contribution in [3.8, 4) is 0 Å². The molecule has 0 aliphatic carbocycles. The van der Waals surface area contributed by atoms with Crippen molar-refractivity contribution in [1.29, 1.82) is 0 Å². The Labute approximate surface area is 99.1 Å². The molecule has 0 aromatic heterocycles. The van der Waals surface area contributed by atoms with E-state index >= 15 is 0 Å². The number of carboxylic acid groups (broad SMARTS) is 1. The number of carboxylic acids is 1. The molecule has 4 N–H and O–H groups in total. The Morgan fingerprint density at radius 2 is 2.24 bits per heavy atom. The van der Waals surface area contributed by atoms with E-state index in [1.807, 2.05) is 6.92 Å². The Kier molecular flexibility index (Phi) is 4.71. The fourth-order valence-electron chi connectivity index (χ4n) is 1.63. The summed E-state index contributed by atoms with van der Waals surface area (Å²) in [6.07, 6.45) is 0.0901. The summed E-state index contributed by atoms with van der Waals surface area (Å²) in [5.74, 6) is -1.36. The number of carbonyl (C=O) groups is 2. The molecule has 2 atom stereocenters. The van der Waals surface area contributed by atoms with Crippen LogP contribution in [0.5, 0.6) is 0 Å². The molecule has 1 rings (SSSR count). The van der Waals surface area contributed by atoms with E-state index in [4.69, 9.17) is 14.9 Å². The first-order chi connectivity index (χ1) is 7.93. The predicted octanol–water partition coefficient (Wildman–Crippen LogP) is -0.700. The van der Waals surface area contributed by atoms with E-state index in [9.17, 15) is 9.59 Å². The van der Waals surface area contributed by atoms with Crippen molar-refractivity contribution >= 4 is 12.0 Å². The third kappa shape index (κ3) is 4.58. The van der Waals surface area contributed by atoms with Gasteiger partial charge in [0, 0.05) is 6.61 Å². The van der Waals surface area contributed by atoms with Crippen LogP contribution in [0.1, 0.15) is 19.8 Å². The quantitative estimate of drug-likeness (QED) is 0.524. The number of urea groups is 1. The van der Waals surface area contributed by atoms with E-state index in [0.29, 0.717) is 13.2 Å². The highest BCUT2D eigenvalue weighted by atomic mass is 16.5. The van der Waals surface area contributed by atoms with Gasteiger partial charge in [-0.15, -0.1) is 0 Å². The molecule has 17 heavy (non-hydrogen) atoms. The molecule has 98 valence electrons. The van der Waals surface area contributed by atoms with Gasteiger partial charge in [0.25, 0.3) is 0 Å². The molecule has 0 radical (unpaired) electrons. The van der Waals surface area contributed by atoms with E-state index in [0.717, 1.165) is 12.8 Å². The van der Waals surface area contributed by atoms with Crippen LogP contribution in [0.4, 0.5) is 4.79 Å². The van der Waals surface area contributed by atoms with Crippen molar-refractivity contribution in [2.24, 2.45) is 0 Å². The van der Waals surface area contributed by atoms with Crippen LogP contribution in [0.15, 0.2) is 0 Å². The number of hydrogen-bond acceptors (Lipinski definition) is 4. The number of aliphatic hydroxyl groups is 1. The standard InChI is InChI=1S/C10H18N2O5/c1-10(3-2-4-17-6-10)12-9(16)11-5-7(13)8(14)15/h7,13H,2-6H2,1H3,(H,14,15)(H2,11,12,16). The van der Waals surface area contributed by atoms with Crippen LogP contribution in [-0.4, -0.2) is 53.6 Å². The SMILES string of the molecule is CC1(NC(=O)NCC(O)C(=O)O)CCCOC1. The summed E-state index contributed by atoms with van der Waals surface area (Å²) in [6.45, 7) is 2.66. The maximum absolute atomic E-state index is 11.5. The van der Waals surface area contributed by atoms with Gasteiger partial charge in [0.1, 0.15) is 0 Å². The lowest BCUT2D eigenvalue weighted by atomic mass is 9.95. The Hall–Kier alpha value is -1.34. The lowest BCUT2D eigenvalue weighted by Crippen LogP contribution is -2.55. The summed E-state index contributed by atoms with van der Waals surface area (Å²) in [6, 6.07) is -0.502. The first-order valence-electron chi connectivity index (χ1n) is 5.47. The number of amides is 2. The van der Waals surface area contributed by atoms with Crippen LogP contribution in [0.3, 0.4) is 0 Å². The van der Waals surface area contributed by atoms with Crippen LogP contribution in [0.25, 0.3) is 0 Å². The number of rotatable bonds is 4. The van der Waals surface area contributed by atoms with Gasteiger partial charge >= 0.3 is 12.0 Å². The molecular formula is C10H18N2O5. The predicted molar refractivity (Wildman–Crippen MR) is 58.6 cm³/mol. The maximum Gasteiger partial charge on any atom is 0.334 e. The summed E-state index contributed by atoms with van der Waals surface area (Å²) < 4.78 is 5.26. The molecular weight excluding hydrogens is 228 g/mol. The molecule has 0 aromatic rings. The Morgan fingerprint density at radius 1 is 1.53 bits per heavy atom. The summed E-state index contributed by atoms with van der Waals surface area (Å²) in [5, 5.41) is 22.4. The minimum atomic E-state index is -1.59. The highest BCUT2D eigenvalue weighted by Crippen LogP contribution is 2.17. The molecule has 2 unspecified atom stereocenters. The topological polar surface area (TPSA) is 108 Å². The van der Waals surface area contributed by atoms with Gasteiger partial charge in [-0.3, -0.25) is 0 Å². The monoisotopic (exact) mass is 246 g/mol. The zero-order chi connectivity index (χ0) is 12.9. The molecule has 1 aliphatic heterocycles. The lowest BCUT2D eigenvalue weighted by molar-refractivity contribution is -0.146. The Morgan fingerprint density at radius 3 is 2.76 bits per heavy atom. The van der Waals surface area contributed by atoms with Gasteiger partial charge in [-0.2, -0.15) is 0 Å².